The minimum atomic E-state index is -0.113. The zero-order chi connectivity index (χ0) is 12.8. The van der Waals surface area contributed by atoms with Crippen LogP contribution in [0.1, 0.15) is 0 Å². The fourth-order valence-corrected chi connectivity index (χ4v) is 1.73. The van der Waals surface area contributed by atoms with Crippen molar-refractivity contribution in [3.05, 3.63) is 31.1 Å². The molecule has 0 spiro atoms. The highest BCUT2D eigenvalue weighted by atomic mass is 32.2. The van der Waals surface area contributed by atoms with Crippen molar-refractivity contribution in [1.29, 1.82) is 0 Å². The lowest BCUT2D eigenvalue weighted by Gasteiger charge is -1.98. The third-order valence-corrected chi connectivity index (χ3v) is 2.73. The molecular formula is C11H11N3O3S. The normalized spacial score (nSPS) is 10.2. The van der Waals surface area contributed by atoms with Gasteiger partial charge < -0.3 is 14.2 Å². The zero-order valence-corrected chi connectivity index (χ0v) is 10.3. The Morgan fingerprint density at radius 3 is 3.17 bits per heavy atom. The summed E-state index contributed by atoms with van der Waals surface area (Å²) in [6, 6.07) is 3.45. The van der Waals surface area contributed by atoms with Gasteiger partial charge in [-0.15, -0.1) is 16.8 Å². The molecular weight excluding hydrogens is 254 g/mol. The zero-order valence-electron chi connectivity index (χ0n) is 9.46. The molecule has 0 aromatic carbocycles. The van der Waals surface area contributed by atoms with Crippen LogP contribution < -0.4 is 5.32 Å². The van der Waals surface area contributed by atoms with Crippen LogP contribution in [0.15, 0.2) is 45.1 Å². The quantitative estimate of drug-likeness (QED) is 0.632. The van der Waals surface area contributed by atoms with Crippen LogP contribution in [0.3, 0.4) is 0 Å². The van der Waals surface area contributed by atoms with E-state index in [2.05, 4.69) is 22.1 Å². The molecule has 1 N–H and O–H groups in total. The summed E-state index contributed by atoms with van der Waals surface area (Å²) in [5.74, 6) is 0.908. The molecule has 7 heteroatoms. The van der Waals surface area contributed by atoms with Gasteiger partial charge in [-0.05, 0) is 12.1 Å². The number of nitrogens with one attached hydrogen (secondary N) is 1. The van der Waals surface area contributed by atoms with Crippen molar-refractivity contribution in [2.24, 2.45) is 0 Å². The summed E-state index contributed by atoms with van der Waals surface area (Å²) in [6.45, 7) is 3.96. The molecule has 1 amide bonds. The maximum absolute atomic E-state index is 11.3. The van der Waals surface area contributed by atoms with Gasteiger partial charge in [0.2, 0.25) is 5.91 Å². The van der Waals surface area contributed by atoms with E-state index in [0.717, 1.165) is 0 Å². The van der Waals surface area contributed by atoms with Gasteiger partial charge in [0.25, 0.3) is 11.1 Å². The van der Waals surface area contributed by atoms with Crippen LogP contribution in [-0.2, 0) is 4.79 Å². The highest BCUT2D eigenvalue weighted by molar-refractivity contribution is 7.99. The van der Waals surface area contributed by atoms with E-state index < -0.39 is 0 Å². The Labute approximate surface area is 107 Å². The van der Waals surface area contributed by atoms with Gasteiger partial charge in [0.15, 0.2) is 5.76 Å². The number of amides is 1. The largest absolute Gasteiger partial charge is 0.459 e. The lowest BCUT2D eigenvalue weighted by molar-refractivity contribution is -0.118. The van der Waals surface area contributed by atoms with E-state index >= 15 is 0 Å². The summed E-state index contributed by atoms with van der Waals surface area (Å²) in [7, 11) is 0. The molecule has 0 aliphatic heterocycles. The maximum atomic E-state index is 11.3. The Balaban J connectivity index is 1.87. The topological polar surface area (TPSA) is 81.2 Å². The van der Waals surface area contributed by atoms with Gasteiger partial charge in [-0.25, -0.2) is 0 Å². The Bertz CT molecular complexity index is 521. The summed E-state index contributed by atoms with van der Waals surface area (Å²) in [4.78, 5) is 11.3. The van der Waals surface area contributed by atoms with Gasteiger partial charge >= 0.3 is 0 Å². The third-order valence-electron chi connectivity index (χ3n) is 1.91. The first-order valence-electron chi connectivity index (χ1n) is 5.17. The molecule has 0 unspecified atom stereocenters. The lowest BCUT2D eigenvalue weighted by Crippen LogP contribution is -2.24. The fourth-order valence-electron chi connectivity index (χ4n) is 1.13. The smallest absolute Gasteiger partial charge is 0.284 e. The first-order valence-corrected chi connectivity index (χ1v) is 6.16. The molecule has 2 aromatic rings. The number of aromatic nitrogens is 2. The lowest BCUT2D eigenvalue weighted by atomic mass is 10.5. The number of carbonyl (C=O) groups is 1. The van der Waals surface area contributed by atoms with Gasteiger partial charge in [0.05, 0.1) is 12.0 Å². The van der Waals surface area contributed by atoms with Crippen LogP contribution in [0.5, 0.6) is 0 Å². The number of thioether (sulfide) groups is 1. The van der Waals surface area contributed by atoms with Crippen LogP contribution >= 0.6 is 11.8 Å². The van der Waals surface area contributed by atoms with Crippen molar-refractivity contribution in [3.8, 4) is 11.7 Å². The highest BCUT2D eigenvalue weighted by Crippen LogP contribution is 2.22. The van der Waals surface area contributed by atoms with Gasteiger partial charge in [0.1, 0.15) is 0 Å². The molecule has 0 aliphatic rings. The number of hydrogen-bond donors (Lipinski definition) is 1. The van der Waals surface area contributed by atoms with E-state index in [9.17, 15) is 4.79 Å². The second-order valence-corrected chi connectivity index (χ2v) is 4.16. The number of hydrogen-bond acceptors (Lipinski definition) is 6. The molecule has 0 bridgehead atoms. The summed E-state index contributed by atoms with van der Waals surface area (Å²) < 4.78 is 10.4. The van der Waals surface area contributed by atoms with Crippen LogP contribution in [0.2, 0.25) is 0 Å². The standard InChI is InChI=1S/C11H11N3O3S/c1-2-5-12-9(15)7-18-11-14-13-10(17-11)8-4-3-6-16-8/h2-4,6H,1,5,7H2,(H,12,15). The predicted octanol–water partition coefficient (Wildman–Crippen LogP) is 1.72. The van der Waals surface area contributed by atoms with E-state index in [-0.39, 0.29) is 11.7 Å². The van der Waals surface area contributed by atoms with E-state index in [0.29, 0.717) is 23.4 Å². The van der Waals surface area contributed by atoms with Crippen molar-refractivity contribution < 1.29 is 13.6 Å². The first kappa shape index (κ1) is 12.4. The van der Waals surface area contributed by atoms with Gasteiger partial charge in [-0.3, -0.25) is 4.79 Å². The minimum absolute atomic E-state index is 0.113. The number of carbonyl (C=O) groups excluding carboxylic acids is 1. The second-order valence-electron chi connectivity index (χ2n) is 3.23. The van der Waals surface area contributed by atoms with E-state index in [1.54, 1.807) is 18.2 Å². The maximum Gasteiger partial charge on any atom is 0.284 e. The average molecular weight is 265 g/mol. The SMILES string of the molecule is C=CCNC(=O)CSc1nnc(-c2ccco2)o1. The summed E-state index contributed by atoms with van der Waals surface area (Å²) in [5.41, 5.74) is 0. The van der Waals surface area contributed by atoms with Gasteiger partial charge in [-0.1, -0.05) is 17.8 Å². The average Bonchev–Trinajstić information content (AvgIpc) is 3.03. The highest BCUT2D eigenvalue weighted by Gasteiger charge is 2.12. The Hall–Kier alpha value is -2.02. The van der Waals surface area contributed by atoms with E-state index in [4.69, 9.17) is 8.83 Å². The molecule has 0 fully saturated rings. The summed E-state index contributed by atoms with van der Waals surface area (Å²) in [6.07, 6.45) is 3.14. The number of rotatable bonds is 6. The Morgan fingerprint density at radius 2 is 2.44 bits per heavy atom. The van der Waals surface area contributed by atoms with Crippen molar-refractivity contribution >= 4 is 17.7 Å². The van der Waals surface area contributed by atoms with E-state index in [1.807, 2.05) is 0 Å². The molecule has 2 rings (SSSR count). The summed E-state index contributed by atoms with van der Waals surface area (Å²) >= 11 is 1.17. The molecule has 6 nitrogen and oxygen atoms in total. The molecule has 2 heterocycles. The molecule has 2 aromatic heterocycles. The minimum Gasteiger partial charge on any atom is -0.459 e. The monoisotopic (exact) mass is 265 g/mol. The van der Waals surface area contributed by atoms with Crippen molar-refractivity contribution in [1.82, 2.24) is 15.5 Å². The van der Waals surface area contributed by atoms with Crippen molar-refractivity contribution in [2.75, 3.05) is 12.3 Å². The van der Waals surface area contributed by atoms with Crippen LogP contribution in [-0.4, -0.2) is 28.4 Å². The van der Waals surface area contributed by atoms with Gasteiger partial charge in [-0.2, -0.15) is 0 Å². The van der Waals surface area contributed by atoms with Crippen molar-refractivity contribution in [3.63, 3.8) is 0 Å². The van der Waals surface area contributed by atoms with Gasteiger partial charge in [0, 0.05) is 6.54 Å². The van der Waals surface area contributed by atoms with Crippen LogP contribution in [0, 0.1) is 0 Å². The molecule has 18 heavy (non-hydrogen) atoms. The molecule has 0 saturated heterocycles. The van der Waals surface area contributed by atoms with Crippen molar-refractivity contribution in [2.45, 2.75) is 5.22 Å². The molecule has 94 valence electrons. The van der Waals surface area contributed by atoms with Crippen LogP contribution in [0.25, 0.3) is 11.7 Å². The predicted molar refractivity (Wildman–Crippen MR) is 65.9 cm³/mol. The molecule has 0 aliphatic carbocycles. The second kappa shape index (κ2) is 6.06. The number of nitrogens with zero attached hydrogens (tertiary/aromatic N) is 2. The van der Waals surface area contributed by atoms with E-state index in [1.165, 1.54) is 18.0 Å². The first-order chi connectivity index (χ1) is 8.79. The Kier molecular flexibility index (Phi) is 4.19. The van der Waals surface area contributed by atoms with Crippen LogP contribution in [0.4, 0.5) is 0 Å². The number of furan rings is 1. The summed E-state index contributed by atoms with van der Waals surface area (Å²) in [5, 5.41) is 10.6. The fraction of sp³-hybridized carbons (Fsp3) is 0.182. The molecule has 0 saturated carbocycles. The molecule has 0 atom stereocenters. The Morgan fingerprint density at radius 1 is 1.56 bits per heavy atom. The third kappa shape index (κ3) is 3.24. The molecule has 0 radical (unpaired) electrons.